The summed E-state index contributed by atoms with van der Waals surface area (Å²) in [6, 6.07) is 7.66. The van der Waals surface area contributed by atoms with Crippen LogP contribution >= 0.6 is 15.9 Å². The predicted molar refractivity (Wildman–Crippen MR) is 110 cm³/mol. The molecule has 8 nitrogen and oxygen atoms in total. The summed E-state index contributed by atoms with van der Waals surface area (Å²) < 4.78 is 41.1. The lowest BCUT2D eigenvalue weighted by Crippen LogP contribution is -2.41. The van der Waals surface area contributed by atoms with Gasteiger partial charge in [-0.2, -0.15) is 9.40 Å². The van der Waals surface area contributed by atoms with Crippen molar-refractivity contribution in [3.63, 3.8) is 0 Å². The van der Waals surface area contributed by atoms with E-state index in [4.69, 9.17) is 9.15 Å². The maximum absolute atomic E-state index is 13.1. The van der Waals surface area contributed by atoms with Gasteiger partial charge in [-0.15, -0.1) is 0 Å². The molecule has 154 valence electrons. The second-order valence-electron chi connectivity index (χ2n) is 6.82. The maximum atomic E-state index is 13.1. The van der Waals surface area contributed by atoms with Gasteiger partial charge in [-0.05, 0) is 38.1 Å². The van der Waals surface area contributed by atoms with Gasteiger partial charge >= 0.3 is 0 Å². The molecule has 0 bridgehead atoms. The number of benzene rings is 1. The quantitative estimate of drug-likeness (QED) is 0.557. The van der Waals surface area contributed by atoms with Gasteiger partial charge in [0, 0.05) is 23.1 Å². The van der Waals surface area contributed by atoms with E-state index in [9.17, 15) is 8.42 Å². The average molecular weight is 481 g/mol. The van der Waals surface area contributed by atoms with E-state index >= 15 is 0 Å². The molecule has 0 atom stereocenters. The summed E-state index contributed by atoms with van der Waals surface area (Å²) in [4.78, 5) is 4.78. The van der Waals surface area contributed by atoms with E-state index < -0.39 is 10.0 Å². The van der Waals surface area contributed by atoms with E-state index in [2.05, 4.69) is 26.0 Å². The Balaban J connectivity index is 1.59. The zero-order valence-electron chi connectivity index (χ0n) is 16.1. The zero-order valence-corrected chi connectivity index (χ0v) is 18.5. The van der Waals surface area contributed by atoms with Crippen molar-refractivity contribution in [2.45, 2.75) is 25.3 Å². The van der Waals surface area contributed by atoms with Crippen molar-refractivity contribution < 1.29 is 17.6 Å². The Hall–Kier alpha value is -2.01. The molecule has 3 aromatic rings. The highest BCUT2D eigenvalue weighted by Crippen LogP contribution is 2.26. The number of sulfonamides is 1. The molecule has 29 heavy (non-hydrogen) atoms. The maximum Gasteiger partial charge on any atom is 0.246 e. The van der Waals surface area contributed by atoms with Crippen molar-refractivity contribution in [1.29, 1.82) is 0 Å². The first-order valence-electron chi connectivity index (χ1n) is 9.18. The van der Waals surface area contributed by atoms with Crippen LogP contribution in [-0.2, 0) is 21.3 Å². The molecule has 0 aliphatic carbocycles. The second kappa shape index (κ2) is 8.02. The standard InChI is InChI=1S/C19H21BrN4O4S/c1-13-18(29(25,26)23-7-9-27-10-8-23)14(2)24(22-13)11-17-12-28-19(21-17)15-3-5-16(20)6-4-15/h3-6,12H,7-11H2,1-2H3. The summed E-state index contributed by atoms with van der Waals surface area (Å²) >= 11 is 3.41. The first-order valence-corrected chi connectivity index (χ1v) is 11.4. The van der Waals surface area contributed by atoms with Gasteiger partial charge in [0.15, 0.2) is 0 Å². The molecule has 0 spiro atoms. The van der Waals surface area contributed by atoms with Crippen LogP contribution in [0.25, 0.3) is 11.5 Å². The van der Waals surface area contributed by atoms with E-state index in [0.717, 1.165) is 10.0 Å². The number of morpholine rings is 1. The van der Waals surface area contributed by atoms with Crippen LogP contribution < -0.4 is 0 Å². The Labute approximate surface area is 177 Å². The minimum absolute atomic E-state index is 0.260. The predicted octanol–water partition coefficient (Wildman–Crippen LogP) is 2.99. The Bertz CT molecular complexity index is 1120. The van der Waals surface area contributed by atoms with Crippen LogP contribution in [0.5, 0.6) is 0 Å². The molecule has 0 amide bonds. The molecule has 0 radical (unpaired) electrons. The normalized spacial score (nSPS) is 15.7. The van der Waals surface area contributed by atoms with Crippen LogP contribution in [0, 0.1) is 13.8 Å². The molecule has 1 fully saturated rings. The summed E-state index contributed by atoms with van der Waals surface area (Å²) in [5.74, 6) is 0.509. The van der Waals surface area contributed by atoms with E-state index in [1.807, 2.05) is 24.3 Å². The molecule has 1 aliphatic heterocycles. The smallest absolute Gasteiger partial charge is 0.246 e. The van der Waals surface area contributed by atoms with Gasteiger partial charge in [-0.1, -0.05) is 15.9 Å². The highest BCUT2D eigenvalue weighted by atomic mass is 79.9. The number of aryl methyl sites for hydroxylation is 1. The lowest BCUT2D eigenvalue weighted by molar-refractivity contribution is 0.0730. The highest BCUT2D eigenvalue weighted by Gasteiger charge is 2.32. The topological polar surface area (TPSA) is 90.5 Å². The number of rotatable bonds is 5. The van der Waals surface area contributed by atoms with Crippen molar-refractivity contribution in [3.8, 4) is 11.5 Å². The Kier molecular flexibility index (Phi) is 5.60. The summed E-state index contributed by atoms with van der Waals surface area (Å²) in [7, 11) is -3.61. The largest absolute Gasteiger partial charge is 0.444 e. The lowest BCUT2D eigenvalue weighted by atomic mass is 10.2. The minimum Gasteiger partial charge on any atom is -0.444 e. The molecule has 1 aliphatic rings. The SMILES string of the molecule is Cc1nn(Cc2coc(-c3ccc(Br)cc3)n2)c(C)c1S(=O)(=O)N1CCOCC1. The molecular formula is C19H21BrN4O4S. The van der Waals surface area contributed by atoms with E-state index in [-0.39, 0.29) is 4.90 Å². The summed E-state index contributed by atoms with van der Waals surface area (Å²) in [6.45, 7) is 5.33. The highest BCUT2D eigenvalue weighted by molar-refractivity contribution is 9.10. The minimum atomic E-state index is -3.61. The molecule has 10 heteroatoms. The summed E-state index contributed by atoms with van der Waals surface area (Å²) in [5.41, 5.74) is 2.60. The molecule has 0 N–H and O–H groups in total. The van der Waals surface area contributed by atoms with Crippen LogP contribution in [0.4, 0.5) is 0 Å². The molecule has 1 aromatic carbocycles. The first-order chi connectivity index (χ1) is 13.9. The van der Waals surface area contributed by atoms with Crippen molar-refractivity contribution in [2.24, 2.45) is 0 Å². The number of hydrogen-bond acceptors (Lipinski definition) is 6. The van der Waals surface area contributed by atoms with Crippen LogP contribution in [-0.4, -0.2) is 53.8 Å². The third-order valence-corrected chi connectivity index (χ3v) is 7.52. The fourth-order valence-electron chi connectivity index (χ4n) is 3.38. The number of nitrogens with zero attached hydrogens (tertiary/aromatic N) is 4. The van der Waals surface area contributed by atoms with Gasteiger partial charge in [0.25, 0.3) is 0 Å². The van der Waals surface area contributed by atoms with Crippen LogP contribution in [0.3, 0.4) is 0 Å². The molecule has 2 aromatic heterocycles. The third kappa shape index (κ3) is 4.02. The van der Waals surface area contributed by atoms with Gasteiger partial charge in [0.2, 0.25) is 15.9 Å². The van der Waals surface area contributed by atoms with Crippen LogP contribution in [0.1, 0.15) is 17.1 Å². The zero-order chi connectivity index (χ0) is 20.6. The summed E-state index contributed by atoms with van der Waals surface area (Å²) in [6.07, 6.45) is 1.57. The van der Waals surface area contributed by atoms with Crippen molar-refractivity contribution in [3.05, 3.63) is 52.1 Å². The Morgan fingerprint density at radius 2 is 1.83 bits per heavy atom. The van der Waals surface area contributed by atoms with Gasteiger partial charge < -0.3 is 9.15 Å². The van der Waals surface area contributed by atoms with Gasteiger partial charge in [0.1, 0.15) is 16.9 Å². The van der Waals surface area contributed by atoms with Gasteiger partial charge in [0.05, 0.1) is 31.1 Å². The average Bonchev–Trinajstić information content (AvgIpc) is 3.28. The molecule has 1 saturated heterocycles. The van der Waals surface area contributed by atoms with E-state index in [1.54, 1.807) is 24.8 Å². The number of aromatic nitrogens is 3. The van der Waals surface area contributed by atoms with Crippen molar-refractivity contribution in [2.75, 3.05) is 26.3 Å². The molecular weight excluding hydrogens is 460 g/mol. The van der Waals surface area contributed by atoms with Crippen LogP contribution in [0.2, 0.25) is 0 Å². The monoisotopic (exact) mass is 480 g/mol. The van der Waals surface area contributed by atoms with E-state index in [1.165, 1.54) is 4.31 Å². The Morgan fingerprint density at radius 3 is 2.52 bits per heavy atom. The lowest BCUT2D eigenvalue weighted by Gasteiger charge is -2.26. The van der Waals surface area contributed by atoms with Gasteiger partial charge in [-0.3, -0.25) is 4.68 Å². The first kappa shape index (κ1) is 20.3. The number of hydrogen-bond donors (Lipinski definition) is 0. The van der Waals surface area contributed by atoms with Crippen molar-refractivity contribution in [1.82, 2.24) is 19.1 Å². The fraction of sp³-hybridized carbons (Fsp3) is 0.368. The van der Waals surface area contributed by atoms with Crippen LogP contribution in [0.15, 0.2) is 44.3 Å². The fourth-order valence-corrected chi connectivity index (χ4v) is 5.43. The molecule has 0 saturated carbocycles. The van der Waals surface area contributed by atoms with E-state index in [0.29, 0.717) is 55.8 Å². The molecule has 0 unspecified atom stereocenters. The third-order valence-electron chi connectivity index (χ3n) is 4.84. The van der Waals surface area contributed by atoms with Crippen molar-refractivity contribution >= 4 is 26.0 Å². The van der Waals surface area contributed by atoms with Gasteiger partial charge in [-0.25, -0.2) is 13.4 Å². The molecule has 3 heterocycles. The summed E-state index contributed by atoms with van der Waals surface area (Å²) in [5, 5.41) is 4.45. The number of ether oxygens (including phenoxy) is 1. The molecule has 4 rings (SSSR count). The number of halogens is 1. The second-order valence-corrected chi connectivity index (χ2v) is 9.62. The number of oxazole rings is 1. The Morgan fingerprint density at radius 1 is 1.14 bits per heavy atom.